The monoisotopic (exact) mass is 227 g/mol. The van der Waals surface area contributed by atoms with Crippen LogP contribution in [0.15, 0.2) is 18.2 Å². The average molecular weight is 228 g/mol. The number of nitrogens with two attached hydrogens (primary N) is 1. The van der Waals surface area contributed by atoms with Crippen molar-refractivity contribution in [3.05, 3.63) is 23.2 Å². The van der Waals surface area contributed by atoms with Gasteiger partial charge in [-0.1, -0.05) is 35.1 Å². The van der Waals surface area contributed by atoms with Crippen LogP contribution in [0.2, 0.25) is 5.02 Å². The van der Waals surface area contributed by atoms with Crippen molar-refractivity contribution in [1.29, 1.82) is 0 Å². The van der Waals surface area contributed by atoms with Crippen molar-refractivity contribution in [3.8, 4) is 5.06 Å². The molecule has 2 nitrogen and oxygen atoms in total. The van der Waals surface area contributed by atoms with Gasteiger partial charge in [0.1, 0.15) is 0 Å². The molecule has 1 aromatic heterocycles. The number of thiophene rings is 1. The Balaban J connectivity index is 2.67. The lowest BCUT2D eigenvalue weighted by Gasteiger charge is -1.98. The molecule has 0 unspecified atom stereocenters. The first-order valence-corrected chi connectivity index (χ1v) is 5.52. The van der Waals surface area contributed by atoms with E-state index >= 15 is 0 Å². The van der Waals surface area contributed by atoms with E-state index in [1.807, 2.05) is 25.1 Å². The Bertz CT molecular complexity index is 466. The fourth-order valence-corrected chi connectivity index (χ4v) is 2.65. The minimum absolute atomic E-state index is 0.620. The van der Waals surface area contributed by atoms with Crippen molar-refractivity contribution >= 4 is 38.7 Å². The average Bonchev–Trinajstić information content (AvgIpc) is 2.48. The Kier molecular flexibility index (Phi) is 2.52. The Morgan fingerprint density at radius 3 is 2.93 bits per heavy atom. The zero-order chi connectivity index (χ0) is 10.1. The van der Waals surface area contributed by atoms with Gasteiger partial charge in [-0.05, 0) is 13.0 Å². The van der Waals surface area contributed by atoms with Crippen LogP contribution in [-0.4, -0.2) is 6.61 Å². The van der Waals surface area contributed by atoms with Crippen molar-refractivity contribution in [2.24, 2.45) is 0 Å². The van der Waals surface area contributed by atoms with E-state index in [1.54, 1.807) is 0 Å². The highest BCUT2D eigenvalue weighted by Gasteiger charge is 2.11. The normalized spacial score (nSPS) is 10.7. The first-order chi connectivity index (χ1) is 6.74. The second kappa shape index (κ2) is 3.67. The van der Waals surface area contributed by atoms with Gasteiger partial charge in [0.15, 0.2) is 5.06 Å². The van der Waals surface area contributed by atoms with Crippen molar-refractivity contribution in [2.75, 3.05) is 12.3 Å². The quantitative estimate of drug-likeness (QED) is 0.852. The maximum absolute atomic E-state index is 6.04. The molecule has 0 bridgehead atoms. The minimum Gasteiger partial charge on any atom is -0.483 e. The van der Waals surface area contributed by atoms with Gasteiger partial charge in [0.05, 0.1) is 22.0 Å². The van der Waals surface area contributed by atoms with Gasteiger partial charge < -0.3 is 10.5 Å². The summed E-state index contributed by atoms with van der Waals surface area (Å²) in [4.78, 5) is 0. The van der Waals surface area contributed by atoms with Crippen LogP contribution < -0.4 is 10.5 Å². The summed E-state index contributed by atoms with van der Waals surface area (Å²) in [6, 6.07) is 5.70. The molecule has 4 heteroatoms. The predicted molar refractivity (Wildman–Crippen MR) is 62.4 cm³/mol. The van der Waals surface area contributed by atoms with Gasteiger partial charge in [-0.3, -0.25) is 0 Å². The molecule has 1 heterocycles. The van der Waals surface area contributed by atoms with Gasteiger partial charge in [-0.2, -0.15) is 0 Å². The van der Waals surface area contributed by atoms with Crippen LogP contribution in [0.1, 0.15) is 6.92 Å². The number of anilines is 1. The van der Waals surface area contributed by atoms with E-state index in [9.17, 15) is 0 Å². The molecule has 1 aromatic carbocycles. The first-order valence-electron chi connectivity index (χ1n) is 4.33. The van der Waals surface area contributed by atoms with E-state index in [4.69, 9.17) is 22.1 Å². The molecule has 74 valence electrons. The fourth-order valence-electron chi connectivity index (χ4n) is 1.32. The van der Waals surface area contributed by atoms with Gasteiger partial charge >= 0.3 is 0 Å². The summed E-state index contributed by atoms with van der Waals surface area (Å²) >= 11 is 7.54. The lowest BCUT2D eigenvalue weighted by Crippen LogP contribution is -1.92. The Labute approximate surface area is 91.2 Å². The number of ether oxygens (including phenoxy) is 1. The highest BCUT2D eigenvalue weighted by molar-refractivity contribution is 7.22. The van der Waals surface area contributed by atoms with Crippen LogP contribution in [0.4, 0.5) is 5.69 Å². The molecular weight excluding hydrogens is 218 g/mol. The van der Waals surface area contributed by atoms with Crippen LogP contribution in [-0.2, 0) is 0 Å². The molecule has 0 aliphatic carbocycles. The SMILES string of the molecule is CCOc1sc2c(Cl)cccc2c1N. The number of hydrogen-bond donors (Lipinski definition) is 1. The van der Waals surface area contributed by atoms with Crippen molar-refractivity contribution in [3.63, 3.8) is 0 Å². The van der Waals surface area contributed by atoms with E-state index in [2.05, 4.69) is 0 Å². The summed E-state index contributed by atoms with van der Waals surface area (Å²) in [5.74, 6) is 0. The molecule has 2 rings (SSSR count). The van der Waals surface area contributed by atoms with Crippen molar-refractivity contribution in [1.82, 2.24) is 0 Å². The Hall–Kier alpha value is -0.930. The van der Waals surface area contributed by atoms with Crippen LogP contribution >= 0.6 is 22.9 Å². The zero-order valence-electron chi connectivity index (χ0n) is 7.71. The van der Waals surface area contributed by atoms with Crippen LogP contribution in [0.25, 0.3) is 10.1 Å². The molecule has 0 spiro atoms. The highest BCUT2D eigenvalue weighted by atomic mass is 35.5. The second-order valence-electron chi connectivity index (χ2n) is 2.85. The third-order valence-electron chi connectivity index (χ3n) is 1.95. The van der Waals surface area contributed by atoms with Crippen molar-refractivity contribution < 1.29 is 4.74 Å². The Morgan fingerprint density at radius 1 is 1.50 bits per heavy atom. The van der Waals surface area contributed by atoms with E-state index in [0.717, 1.165) is 20.2 Å². The number of benzene rings is 1. The highest BCUT2D eigenvalue weighted by Crippen LogP contribution is 2.42. The van der Waals surface area contributed by atoms with Crippen molar-refractivity contribution in [2.45, 2.75) is 6.92 Å². The molecule has 2 aromatic rings. The predicted octanol–water partition coefficient (Wildman–Crippen LogP) is 3.54. The molecule has 2 N–H and O–H groups in total. The molecule has 0 amide bonds. The third kappa shape index (κ3) is 1.42. The molecule has 14 heavy (non-hydrogen) atoms. The van der Waals surface area contributed by atoms with E-state index in [-0.39, 0.29) is 0 Å². The second-order valence-corrected chi connectivity index (χ2v) is 4.24. The summed E-state index contributed by atoms with van der Waals surface area (Å²) in [5.41, 5.74) is 6.61. The number of hydrogen-bond acceptors (Lipinski definition) is 3. The molecule has 0 saturated carbocycles. The van der Waals surface area contributed by atoms with Gasteiger partial charge in [0.25, 0.3) is 0 Å². The fraction of sp³-hybridized carbons (Fsp3) is 0.200. The number of nitrogen functional groups attached to an aromatic ring is 1. The van der Waals surface area contributed by atoms with Gasteiger partial charge in [0.2, 0.25) is 0 Å². The molecule has 0 atom stereocenters. The summed E-state index contributed by atoms with van der Waals surface area (Å²) in [7, 11) is 0. The summed E-state index contributed by atoms with van der Waals surface area (Å²) in [5, 5.41) is 2.46. The molecule has 0 saturated heterocycles. The molecule has 0 radical (unpaired) electrons. The smallest absolute Gasteiger partial charge is 0.198 e. The van der Waals surface area contributed by atoms with Crippen LogP contribution in [0, 0.1) is 0 Å². The first kappa shape index (κ1) is 9.62. The lowest BCUT2D eigenvalue weighted by atomic mass is 10.2. The summed E-state index contributed by atoms with van der Waals surface area (Å²) in [6.07, 6.45) is 0. The maximum Gasteiger partial charge on any atom is 0.198 e. The van der Waals surface area contributed by atoms with Gasteiger partial charge in [-0.15, -0.1) is 0 Å². The number of halogens is 1. The minimum atomic E-state index is 0.620. The summed E-state index contributed by atoms with van der Waals surface area (Å²) < 4.78 is 6.41. The molecule has 0 aliphatic rings. The number of rotatable bonds is 2. The van der Waals surface area contributed by atoms with E-state index in [0.29, 0.717) is 12.3 Å². The van der Waals surface area contributed by atoms with E-state index < -0.39 is 0 Å². The van der Waals surface area contributed by atoms with E-state index in [1.165, 1.54) is 11.3 Å². The van der Waals surface area contributed by atoms with Gasteiger partial charge in [-0.25, -0.2) is 0 Å². The van der Waals surface area contributed by atoms with Gasteiger partial charge in [0, 0.05) is 5.39 Å². The van der Waals surface area contributed by atoms with Crippen LogP contribution in [0.5, 0.6) is 5.06 Å². The molecule has 0 aliphatic heterocycles. The molecule has 0 fully saturated rings. The standard InChI is InChI=1S/C10H10ClNOS/c1-2-13-10-8(12)6-4-3-5-7(11)9(6)14-10/h3-5H,2,12H2,1H3. The topological polar surface area (TPSA) is 35.2 Å². The van der Waals surface area contributed by atoms with Crippen LogP contribution in [0.3, 0.4) is 0 Å². The lowest BCUT2D eigenvalue weighted by molar-refractivity contribution is 0.352. The maximum atomic E-state index is 6.04. The number of fused-ring (bicyclic) bond motifs is 1. The zero-order valence-corrected chi connectivity index (χ0v) is 9.28. The Morgan fingerprint density at radius 2 is 2.29 bits per heavy atom. The summed E-state index contributed by atoms with van der Waals surface area (Å²) in [6.45, 7) is 2.56. The third-order valence-corrected chi connectivity index (χ3v) is 3.54. The molecular formula is C10H10ClNOS. The largest absolute Gasteiger partial charge is 0.483 e.